The Labute approximate surface area is 77.5 Å². The summed E-state index contributed by atoms with van der Waals surface area (Å²) in [7, 11) is 2.02. The number of hydrogen-bond acceptors (Lipinski definition) is 3. The largest absolute Gasteiger partial charge is 0.395 e. The normalized spacial score (nSPS) is 11.0. The first-order chi connectivity index (χ1) is 5.74. The van der Waals surface area contributed by atoms with Crippen LogP contribution in [0.15, 0.2) is 11.4 Å². The predicted octanol–water partition coefficient (Wildman–Crippen LogP) is 1.48. The molecule has 3 heteroatoms. The first kappa shape index (κ1) is 9.71. The minimum Gasteiger partial charge on any atom is -0.395 e. The summed E-state index contributed by atoms with van der Waals surface area (Å²) in [5.74, 6) is 0. The molecular weight excluding hydrogens is 170 g/mol. The molecule has 0 fully saturated rings. The van der Waals surface area contributed by atoms with Gasteiger partial charge in [-0.3, -0.25) is 4.90 Å². The fraction of sp³-hybridized carbons (Fsp3) is 0.556. The van der Waals surface area contributed by atoms with Gasteiger partial charge in [0.25, 0.3) is 0 Å². The molecule has 68 valence electrons. The van der Waals surface area contributed by atoms with Crippen LogP contribution in [0.25, 0.3) is 0 Å². The van der Waals surface area contributed by atoms with Gasteiger partial charge in [0.1, 0.15) is 0 Å². The Hall–Kier alpha value is -0.380. The SMILES string of the molecule is Cc1ccsc1CN(C)CCO. The number of rotatable bonds is 4. The molecule has 1 aromatic heterocycles. The van der Waals surface area contributed by atoms with Crippen molar-refractivity contribution >= 4 is 11.3 Å². The van der Waals surface area contributed by atoms with Crippen LogP contribution in [-0.2, 0) is 6.54 Å². The fourth-order valence-electron chi connectivity index (χ4n) is 1.06. The molecule has 0 aliphatic carbocycles. The van der Waals surface area contributed by atoms with Gasteiger partial charge in [0, 0.05) is 18.0 Å². The molecule has 0 aliphatic heterocycles. The minimum atomic E-state index is 0.237. The van der Waals surface area contributed by atoms with Crippen molar-refractivity contribution in [2.75, 3.05) is 20.2 Å². The van der Waals surface area contributed by atoms with Crippen LogP contribution in [0.4, 0.5) is 0 Å². The van der Waals surface area contributed by atoms with Crippen molar-refractivity contribution in [3.63, 3.8) is 0 Å². The number of hydrogen-bond donors (Lipinski definition) is 1. The lowest BCUT2D eigenvalue weighted by Crippen LogP contribution is -2.21. The Morgan fingerprint density at radius 3 is 2.83 bits per heavy atom. The monoisotopic (exact) mass is 185 g/mol. The van der Waals surface area contributed by atoms with E-state index in [1.807, 2.05) is 7.05 Å². The maximum Gasteiger partial charge on any atom is 0.0558 e. The van der Waals surface area contributed by atoms with Crippen molar-refractivity contribution < 1.29 is 5.11 Å². The molecule has 0 aromatic carbocycles. The second kappa shape index (κ2) is 4.60. The van der Waals surface area contributed by atoms with E-state index < -0.39 is 0 Å². The molecule has 1 aromatic rings. The number of aryl methyl sites for hydroxylation is 1. The van der Waals surface area contributed by atoms with E-state index in [0.29, 0.717) is 0 Å². The van der Waals surface area contributed by atoms with Gasteiger partial charge in [-0.1, -0.05) is 0 Å². The lowest BCUT2D eigenvalue weighted by atomic mass is 10.3. The third kappa shape index (κ3) is 2.59. The number of thiophene rings is 1. The molecular formula is C9H15NOS. The Morgan fingerprint density at radius 2 is 2.33 bits per heavy atom. The van der Waals surface area contributed by atoms with Crippen molar-refractivity contribution in [1.82, 2.24) is 4.90 Å². The number of nitrogens with zero attached hydrogens (tertiary/aromatic N) is 1. The van der Waals surface area contributed by atoms with E-state index in [2.05, 4.69) is 23.3 Å². The smallest absolute Gasteiger partial charge is 0.0558 e. The fourth-order valence-corrected chi connectivity index (χ4v) is 2.05. The zero-order valence-corrected chi connectivity index (χ0v) is 8.40. The van der Waals surface area contributed by atoms with Crippen LogP contribution < -0.4 is 0 Å². The van der Waals surface area contributed by atoms with Crippen molar-refractivity contribution in [3.8, 4) is 0 Å². The third-order valence-corrected chi connectivity index (χ3v) is 2.87. The highest BCUT2D eigenvalue weighted by Crippen LogP contribution is 2.16. The van der Waals surface area contributed by atoms with Gasteiger partial charge in [-0.2, -0.15) is 0 Å². The van der Waals surface area contributed by atoms with E-state index in [4.69, 9.17) is 5.11 Å². The molecule has 0 amide bonds. The van der Waals surface area contributed by atoms with E-state index in [9.17, 15) is 0 Å². The second-order valence-corrected chi connectivity index (χ2v) is 3.99. The second-order valence-electron chi connectivity index (χ2n) is 2.99. The van der Waals surface area contributed by atoms with Gasteiger partial charge in [0.2, 0.25) is 0 Å². The number of aliphatic hydroxyl groups excluding tert-OH is 1. The highest BCUT2D eigenvalue weighted by molar-refractivity contribution is 7.10. The van der Waals surface area contributed by atoms with Gasteiger partial charge in [0.15, 0.2) is 0 Å². The molecule has 1 N–H and O–H groups in total. The maximum atomic E-state index is 8.70. The Bertz CT molecular complexity index is 234. The van der Waals surface area contributed by atoms with E-state index in [1.54, 1.807) is 11.3 Å². The highest BCUT2D eigenvalue weighted by atomic mass is 32.1. The molecule has 0 saturated heterocycles. The standard InChI is InChI=1S/C9H15NOS/c1-8-3-6-12-9(8)7-10(2)4-5-11/h3,6,11H,4-5,7H2,1-2H3. The van der Waals surface area contributed by atoms with Gasteiger partial charge in [-0.05, 0) is 31.0 Å². The summed E-state index contributed by atoms with van der Waals surface area (Å²) in [6.07, 6.45) is 0. The molecule has 12 heavy (non-hydrogen) atoms. The quantitative estimate of drug-likeness (QED) is 0.768. The Morgan fingerprint density at radius 1 is 1.58 bits per heavy atom. The molecule has 1 heterocycles. The molecule has 0 radical (unpaired) electrons. The topological polar surface area (TPSA) is 23.5 Å². The van der Waals surface area contributed by atoms with Gasteiger partial charge in [-0.25, -0.2) is 0 Å². The van der Waals surface area contributed by atoms with Crippen LogP contribution in [0, 0.1) is 6.92 Å². The summed E-state index contributed by atoms with van der Waals surface area (Å²) >= 11 is 1.78. The third-order valence-electron chi connectivity index (χ3n) is 1.86. The van der Waals surface area contributed by atoms with E-state index in [1.165, 1.54) is 10.4 Å². The van der Waals surface area contributed by atoms with Crippen LogP contribution in [0.1, 0.15) is 10.4 Å². The number of aliphatic hydroxyl groups is 1. The van der Waals surface area contributed by atoms with Crippen molar-refractivity contribution in [2.24, 2.45) is 0 Å². The summed E-state index contributed by atoms with van der Waals surface area (Å²) in [6, 6.07) is 2.13. The summed E-state index contributed by atoms with van der Waals surface area (Å²) < 4.78 is 0. The maximum absolute atomic E-state index is 8.70. The summed E-state index contributed by atoms with van der Waals surface area (Å²) in [5, 5.41) is 10.8. The summed E-state index contributed by atoms with van der Waals surface area (Å²) in [6.45, 7) is 4.06. The summed E-state index contributed by atoms with van der Waals surface area (Å²) in [4.78, 5) is 3.52. The Balaban J connectivity index is 2.46. The average Bonchev–Trinajstić information content (AvgIpc) is 2.37. The Kier molecular flexibility index (Phi) is 3.72. The van der Waals surface area contributed by atoms with Crippen LogP contribution in [0.2, 0.25) is 0 Å². The molecule has 0 aliphatic rings. The van der Waals surface area contributed by atoms with Crippen LogP contribution in [0.3, 0.4) is 0 Å². The molecule has 2 nitrogen and oxygen atoms in total. The number of likely N-dealkylation sites (N-methyl/N-ethyl adjacent to an activating group) is 1. The first-order valence-corrected chi connectivity index (χ1v) is 4.94. The van der Waals surface area contributed by atoms with Gasteiger partial charge in [-0.15, -0.1) is 11.3 Å². The lowest BCUT2D eigenvalue weighted by Gasteiger charge is -2.13. The molecule has 0 spiro atoms. The van der Waals surface area contributed by atoms with E-state index in [-0.39, 0.29) is 6.61 Å². The molecule has 0 saturated carbocycles. The molecule has 0 bridgehead atoms. The summed E-state index contributed by atoms with van der Waals surface area (Å²) in [5.41, 5.74) is 1.35. The highest BCUT2D eigenvalue weighted by Gasteiger charge is 2.02. The minimum absolute atomic E-state index is 0.237. The zero-order chi connectivity index (χ0) is 8.97. The van der Waals surface area contributed by atoms with Crippen molar-refractivity contribution in [2.45, 2.75) is 13.5 Å². The van der Waals surface area contributed by atoms with E-state index in [0.717, 1.165) is 13.1 Å². The van der Waals surface area contributed by atoms with Crippen LogP contribution in [0.5, 0.6) is 0 Å². The van der Waals surface area contributed by atoms with Gasteiger partial charge >= 0.3 is 0 Å². The lowest BCUT2D eigenvalue weighted by molar-refractivity contribution is 0.218. The first-order valence-electron chi connectivity index (χ1n) is 4.06. The van der Waals surface area contributed by atoms with Gasteiger partial charge < -0.3 is 5.11 Å². The van der Waals surface area contributed by atoms with Crippen LogP contribution >= 0.6 is 11.3 Å². The van der Waals surface area contributed by atoms with Crippen molar-refractivity contribution in [3.05, 3.63) is 21.9 Å². The van der Waals surface area contributed by atoms with Gasteiger partial charge in [0.05, 0.1) is 6.61 Å². The molecule has 0 atom stereocenters. The van der Waals surface area contributed by atoms with E-state index >= 15 is 0 Å². The average molecular weight is 185 g/mol. The molecule has 0 unspecified atom stereocenters. The molecule has 1 rings (SSSR count). The predicted molar refractivity (Wildman–Crippen MR) is 52.5 cm³/mol. The zero-order valence-electron chi connectivity index (χ0n) is 7.58. The van der Waals surface area contributed by atoms with Crippen LogP contribution in [-0.4, -0.2) is 30.2 Å². The van der Waals surface area contributed by atoms with Crippen molar-refractivity contribution in [1.29, 1.82) is 0 Å².